The Hall–Kier alpha value is -3.69. The molecule has 1 aromatic heterocycles. The zero-order valence-electron chi connectivity index (χ0n) is 15.7. The molecule has 0 aliphatic carbocycles. The number of hydrogen-bond donors (Lipinski definition) is 0. The molecular formula is C24H15FN2O2S. The van der Waals surface area contributed by atoms with Crippen LogP contribution in [0.1, 0.15) is 17.0 Å². The van der Waals surface area contributed by atoms with Gasteiger partial charge in [0.25, 0.3) is 5.91 Å². The Morgan fingerprint density at radius 2 is 1.73 bits per heavy atom. The number of para-hydroxylation sites is 3. The van der Waals surface area contributed by atoms with Crippen molar-refractivity contribution in [2.45, 2.75) is 12.5 Å². The fraction of sp³-hybridized carbons (Fsp3) is 0.0833. The molecule has 6 heteroatoms. The zero-order valence-corrected chi connectivity index (χ0v) is 16.5. The van der Waals surface area contributed by atoms with Crippen molar-refractivity contribution in [1.82, 2.24) is 4.57 Å². The Morgan fingerprint density at radius 1 is 1.07 bits per heavy atom. The number of hydrogen-bond acceptors (Lipinski definition) is 3. The van der Waals surface area contributed by atoms with Gasteiger partial charge in [0.2, 0.25) is 0 Å². The van der Waals surface area contributed by atoms with Crippen molar-refractivity contribution in [1.29, 1.82) is 0 Å². The maximum atomic E-state index is 14.4. The Labute approximate surface area is 175 Å². The zero-order chi connectivity index (χ0) is 20.7. The highest BCUT2D eigenvalue weighted by Gasteiger charge is 2.32. The van der Waals surface area contributed by atoms with E-state index in [4.69, 9.17) is 11.2 Å². The molecule has 4 aromatic rings. The molecule has 5 rings (SSSR count). The third-order valence-electron chi connectivity index (χ3n) is 5.03. The van der Waals surface area contributed by atoms with Gasteiger partial charge in [-0.05, 0) is 24.3 Å². The Balaban J connectivity index is 1.70. The van der Waals surface area contributed by atoms with Gasteiger partial charge in [-0.15, -0.1) is 6.42 Å². The maximum Gasteiger partial charge on any atom is 0.260 e. The highest BCUT2D eigenvalue weighted by atomic mass is 32.1. The van der Waals surface area contributed by atoms with Gasteiger partial charge >= 0.3 is 0 Å². The SMILES string of the molecule is C#CCn1c(=NC(=O)C2c3ccccc3Oc3ccccc32)sc2cccc(F)c21. The average molecular weight is 414 g/mol. The predicted octanol–water partition coefficient (Wildman–Crippen LogP) is 4.84. The van der Waals surface area contributed by atoms with E-state index in [1.165, 1.54) is 17.4 Å². The number of terminal acetylenes is 1. The van der Waals surface area contributed by atoms with E-state index in [0.717, 1.165) is 11.1 Å². The molecule has 30 heavy (non-hydrogen) atoms. The number of nitrogens with zero attached hydrogens (tertiary/aromatic N) is 2. The molecule has 1 aliphatic heterocycles. The average Bonchev–Trinajstić information content (AvgIpc) is 3.10. The first-order valence-electron chi connectivity index (χ1n) is 9.33. The van der Waals surface area contributed by atoms with Crippen LogP contribution < -0.4 is 9.54 Å². The smallest absolute Gasteiger partial charge is 0.260 e. The van der Waals surface area contributed by atoms with Gasteiger partial charge in [0.05, 0.1) is 22.7 Å². The lowest BCUT2D eigenvalue weighted by molar-refractivity contribution is -0.118. The Kier molecular flexibility index (Phi) is 4.46. The lowest BCUT2D eigenvalue weighted by Crippen LogP contribution is -2.22. The standard InChI is InChI=1S/C24H15FN2O2S/c1-2-14-27-22-17(25)10-7-13-20(22)30-24(27)26-23(28)21-15-8-3-5-11-18(15)29-19-12-6-4-9-16(19)21/h1,3-13,21H,14H2. The number of rotatable bonds is 2. The minimum atomic E-state index is -0.611. The summed E-state index contributed by atoms with van der Waals surface area (Å²) in [6.45, 7) is 0.119. The first-order chi connectivity index (χ1) is 14.7. The fourth-order valence-electron chi connectivity index (χ4n) is 3.74. The number of halogens is 1. The normalized spacial score (nSPS) is 13.4. The number of carbonyl (C=O) groups excluding carboxylic acids is 1. The van der Waals surface area contributed by atoms with E-state index in [-0.39, 0.29) is 12.5 Å². The van der Waals surface area contributed by atoms with Crippen molar-refractivity contribution in [3.63, 3.8) is 0 Å². The number of carbonyl (C=O) groups is 1. The van der Waals surface area contributed by atoms with Crippen LogP contribution in [-0.2, 0) is 11.3 Å². The minimum Gasteiger partial charge on any atom is -0.457 e. The highest BCUT2D eigenvalue weighted by Crippen LogP contribution is 2.44. The molecule has 1 aliphatic rings. The van der Waals surface area contributed by atoms with Gasteiger partial charge in [0.15, 0.2) is 4.80 Å². The number of amides is 1. The molecule has 3 aromatic carbocycles. The minimum absolute atomic E-state index is 0.119. The maximum absolute atomic E-state index is 14.4. The molecule has 1 amide bonds. The first-order valence-corrected chi connectivity index (χ1v) is 10.1. The molecule has 0 unspecified atom stereocenters. The van der Waals surface area contributed by atoms with E-state index in [9.17, 15) is 9.18 Å². The number of aromatic nitrogens is 1. The summed E-state index contributed by atoms with van der Waals surface area (Å²) in [7, 11) is 0. The molecule has 0 radical (unpaired) electrons. The third kappa shape index (κ3) is 2.92. The van der Waals surface area contributed by atoms with Crippen LogP contribution in [-0.4, -0.2) is 10.5 Å². The summed E-state index contributed by atoms with van der Waals surface area (Å²) in [6, 6.07) is 19.6. The van der Waals surface area contributed by atoms with Crippen molar-refractivity contribution in [2.24, 2.45) is 4.99 Å². The van der Waals surface area contributed by atoms with Crippen molar-refractivity contribution >= 4 is 27.5 Å². The van der Waals surface area contributed by atoms with Crippen LogP contribution in [0.5, 0.6) is 11.5 Å². The molecule has 0 bridgehead atoms. The lowest BCUT2D eigenvalue weighted by Gasteiger charge is -2.25. The largest absolute Gasteiger partial charge is 0.457 e. The van der Waals surface area contributed by atoms with Gasteiger partial charge in [-0.2, -0.15) is 4.99 Å². The summed E-state index contributed by atoms with van der Waals surface area (Å²) < 4.78 is 22.7. The summed E-state index contributed by atoms with van der Waals surface area (Å²) in [5, 5.41) is 0. The van der Waals surface area contributed by atoms with E-state index in [1.807, 2.05) is 48.5 Å². The third-order valence-corrected chi connectivity index (χ3v) is 6.08. The van der Waals surface area contributed by atoms with Gasteiger partial charge < -0.3 is 9.30 Å². The summed E-state index contributed by atoms with van der Waals surface area (Å²) in [5.41, 5.74) is 1.86. The molecule has 4 nitrogen and oxygen atoms in total. The van der Waals surface area contributed by atoms with Gasteiger partial charge in [-0.25, -0.2) is 4.39 Å². The first kappa shape index (κ1) is 18.3. The van der Waals surface area contributed by atoms with Crippen LogP contribution in [0.15, 0.2) is 71.7 Å². The van der Waals surface area contributed by atoms with E-state index in [1.54, 1.807) is 16.7 Å². The molecule has 0 saturated carbocycles. The van der Waals surface area contributed by atoms with E-state index >= 15 is 0 Å². The number of ether oxygens (including phenoxy) is 1. The van der Waals surface area contributed by atoms with Crippen LogP contribution in [0.3, 0.4) is 0 Å². The number of thiazole rings is 1. The topological polar surface area (TPSA) is 43.6 Å². The number of benzene rings is 3. The quantitative estimate of drug-likeness (QED) is 0.441. The summed E-state index contributed by atoms with van der Waals surface area (Å²) in [4.78, 5) is 18.2. The van der Waals surface area contributed by atoms with Crippen LogP contribution >= 0.6 is 11.3 Å². The molecule has 146 valence electrons. The molecular weight excluding hydrogens is 399 g/mol. The summed E-state index contributed by atoms with van der Waals surface area (Å²) >= 11 is 1.24. The van der Waals surface area contributed by atoms with E-state index < -0.39 is 11.7 Å². The fourth-order valence-corrected chi connectivity index (χ4v) is 4.79. The van der Waals surface area contributed by atoms with Crippen LogP contribution in [0.25, 0.3) is 10.2 Å². The molecule has 0 spiro atoms. The summed E-state index contributed by atoms with van der Waals surface area (Å²) in [5.74, 6) is 2.43. The second kappa shape index (κ2) is 7.29. The molecule has 0 saturated heterocycles. The lowest BCUT2D eigenvalue weighted by atomic mass is 9.87. The Bertz CT molecular complexity index is 1370. The van der Waals surface area contributed by atoms with Crippen molar-refractivity contribution in [3.8, 4) is 23.8 Å². The molecule has 0 atom stereocenters. The van der Waals surface area contributed by atoms with Gasteiger partial charge in [-0.1, -0.05) is 59.7 Å². The van der Waals surface area contributed by atoms with Crippen molar-refractivity contribution < 1.29 is 13.9 Å². The van der Waals surface area contributed by atoms with Crippen LogP contribution in [0.2, 0.25) is 0 Å². The van der Waals surface area contributed by atoms with Gasteiger partial charge in [-0.3, -0.25) is 4.79 Å². The van der Waals surface area contributed by atoms with Crippen molar-refractivity contribution in [2.75, 3.05) is 0 Å². The second-order valence-corrected chi connectivity index (χ2v) is 7.83. The summed E-state index contributed by atoms with van der Waals surface area (Å²) in [6.07, 6.45) is 5.50. The monoisotopic (exact) mass is 414 g/mol. The predicted molar refractivity (Wildman–Crippen MR) is 114 cm³/mol. The van der Waals surface area contributed by atoms with Crippen LogP contribution in [0, 0.1) is 18.2 Å². The molecule has 0 fully saturated rings. The second-order valence-electron chi connectivity index (χ2n) is 6.82. The van der Waals surface area contributed by atoms with Crippen molar-refractivity contribution in [3.05, 3.63) is 88.5 Å². The van der Waals surface area contributed by atoms with E-state index in [0.29, 0.717) is 26.5 Å². The Morgan fingerprint density at radius 3 is 2.40 bits per heavy atom. The number of fused-ring (bicyclic) bond motifs is 3. The van der Waals surface area contributed by atoms with Crippen LogP contribution in [0.4, 0.5) is 4.39 Å². The molecule has 0 N–H and O–H groups in total. The highest BCUT2D eigenvalue weighted by molar-refractivity contribution is 7.16. The van der Waals surface area contributed by atoms with Gasteiger partial charge in [0, 0.05) is 11.1 Å². The van der Waals surface area contributed by atoms with E-state index in [2.05, 4.69) is 10.9 Å². The van der Waals surface area contributed by atoms with Gasteiger partial charge in [0.1, 0.15) is 17.3 Å². The molecule has 2 heterocycles.